The van der Waals surface area contributed by atoms with E-state index in [-0.39, 0.29) is 0 Å². The molecule has 1 unspecified atom stereocenters. The molecule has 4 heteroatoms. The maximum atomic E-state index is 6.53. The Morgan fingerprint density at radius 1 is 1.06 bits per heavy atom. The summed E-state index contributed by atoms with van der Waals surface area (Å²) in [7, 11) is 0. The average molecular weight is 281 g/mol. The van der Waals surface area contributed by atoms with E-state index in [1.54, 1.807) is 18.5 Å². The zero-order chi connectivity index (χ0) is 13.2. The molecule has 94 valence electrons. The molecule has 0 radical (unpaired) electrons. The van der Waals surface area contributed by atoms with Gasteiger partial charge in [0.15, 0.2) is 0 Å². The van der Waals surface area contributed by atoms with Crippen molar-refractivity contribution in [2.45, 2.75) is 18.9 Å². The Labute approximate surface area is 117 Å². The molecule has 2 rings (SSSR count). The summed E-state index contributed by atoms with van der Waals surface area (Å²) >= 11 is 12.0. The average Bonchev–Trinajstić information content (AvgIpc) is 2.42. The van der Waals surface area contributed by atoms with Crippen LogP contribution in [-0.2, 0) is 5.54 Å². The molecule has 0 saturated heterocycles. The first kappa shape index (κ1) is 13.3. The van der Waals surface area contributed by atoms with Gasteiger partial charge in [-0.1, -0.05) is 36.2 Å². The van der Waals surface area contributed by atoms with Crippen molar-refractivity contribution in [3.05, 3.63) is 63.9 Å². The lowest BCUT2D eigenvalue weighted by molar-refractivity contribution is 0.518. The third-order valence-electron chi connectivity index (χ3n) is 3.19. The summed E-state index contributed by atoms with van der Waals surface area (Å²) in [6, 6.07) is 9.36. The number of hydrogen-bond donors (Lipinski definition) is 1. The van der Waals surface area contributed by atoms with E-state index in [4.69, 9.17) is 28.9 Å². The highest BCUT2D eigenvalue weighted by Gasteiger charge is 2.27. The Morgan fingerprint density at radius 3 is 2.28 bits per heavy atom. The lowest BCUT2D eigenvalue weighted by Crippen LogP contribution is -2.37. The fourth-order valence-corrected chi connectivity index (χ4v) is 2.30. The van der Waals surface area contributed by atoms with E-state index in [1.165, 1.54) is 0 Å². The van der Waals surface area contributed by atoms with Gasteiger partial charge in [0.25, 0.3) is 0 Å². The van der Waals surface area contributed by atoms with Crippen LogP contribution in [0.4, 0.5) is 0 Å². The van der Waals surface area contributed by atoms with Gasteiger partial charge in [0.2, 0.25) is 0 Å². The first-order valence-electron chi connectivity index (χ1n) is 5.73. The van der Waals surface area contributed by atoms with Crippen molar-refractivity contribution in [2.24, 2.45) is 5.73 Å². The highest BCUT2D eigenvalue weighted by molar-refractivity contribution is 6.42. The number of aromatic nitrogens is 1. The van der Waals surface area contributed by atoms with E-state index in [1.807, 2.05) is 31.2 Å². The fraction of sp³-hybridized carbons (Fsp3) is 0.214. The molecular weight excluding hydrogens is 267 g/mol. The molecular formula is C14H14Cl2N2. The molecule has 0 fully saturated rings. The van der Waals surface area contributed by atoms with Crippen LogP contribution >= 0.6 is 23.2 Å². The van der Waals surface area contributed by atoms with Gasteiger partial charge in [-0.15, -0.1) is 0 Å². The van der Waals surface area contributed by atoms with E-state index in [9.17, 15) is 0 Å². The Hall–Kier alpha value is -1.09. The van der Waals surface area contributed by atoms with Gasteiger partial charge in [-0.2, -0.15) is 0 Å². The molecule has 0 aliphatic carbocycles. The fourth-order valence-electron chi connectivity index (χ4n) is 2.00. The third kappa shape index (κ3) is 2.37. The van der Waals surface area contributed by atoms with Crippen LogP contribution < -0.4 is 5.73 Å². The zero-order valence-electron chi connectivity index (χ0n) is 10.0. The summed E-state index contributed by atoms with van der Waals surface area (Å²) in [4.78, 5) is 4.02. The Bertz CT molecular complexity index is 543. The second-order valence-electron chi connectivity index (χ2n) is 4.19. The summed E-state index contributed by atoms with van der Waals surface area (Å²) in [5.41, 5.74) is 7.92. The van der Waals surface area contributed by atoms with Crippen molar-refractivity contribution in [2.75, 3.05) is 0 Å². The van der Waals surface area contributed by atoms with E-state index < -0.39 is 5.54 Å². The third-order valence-corrected chi connectivity index (χ3v) is 3.93. The van der Waals surface area contributed by atoms with Crippen molar-refractivity contribution in [1.29, 1.82) is 0 Å². The van der Waals surface area contributed by atoms with Gasteiger partial charge in [0.1, 0.15) is 0 Å². The van der Waals surface area contributed by atoms with Gasteiger partial charge in [-0.05, 0) is 41.8 Å². The van der Waals surface area contributed by atoms with E-state index in [2.05, 4.69) is 4.98 Å². The molecule has 0 aliphatic rings. The van der Waals surface area contributed by atoms with Crippen LogP contribution in [0.5, 0.6) is 0 Å². The molecule has 0 amide bonds. The SMILES string of the molecule is CCC(N)(c1ccncc1)c1ccc(Cl)c(Cl)c1. The van der Waals surface area contributed by atoms with Crippen molar-refractivity contribution in [3.63, 3.8) is 0 Å². The highest BCUT2D eigenvalue weighted by Crippen LogP contribution is 2.33. The van der Waals surface area contributed by atoms with Crippen LogP contribution in [0.3, 0.4) is 0 Å². The summed E-state index contributed by atoms with van der Waals surface area (Å²) < 4.78 is 0. The van der Waals surface area contributed by atoms with Crippen molar-refractivity contribution < 1.29 is 0 Å². The maximum absolute atomic E-state index is 6.53. The maximum Gasteiger partial charge on any atom is 0.0664 e. The molecule has 1 aromatic heterocycles. The Morgan fingerprint density at radius 2 is 1.72 bits per heavy atom. The second kappa shape index (κ2) is 5.27. The number of rotatable bonds is 3. The summed E-state index contributed by atoms with van der Waals surface area (Å²) in [5, 5.41) is 1.06. The molecule has 2 nitrogen and oxygen atoms in total. The molecule has 0 saturated carbocycles. The van der Waals surface area contributed by atoms with E-state index >= 15 is 0 Å². The van der Waals surface area contributed by atoms with Crippen molar-refractivity contribution in [1.82, 2.24) is 4.98 Å². The smallest absolute Gasteiger partial charge is 0.0664 e. The van der Waals surface area contributed by atoms with Crippen LogP contribution in [0, 0.1) is 0 Å². The van der Waals surface area contributed by atoms with Crippen LogP contribution in [0.2, 0.25) is 10.0 Å². The second-order valence-corrected chi connectivity index (χ2v) is 5.00. The molecule has 2 aromatic rings. The van der Waals surface area contributed by atoms with E-state index in [0.717, 1.165) is 17.5 Å². The van der Waals surface area contributed by atoms with Crippen LogP contribution in [0.25, 0.3) is 0 Å². The van der Waals surface area contributed by atoms with Crippen LogP contribution in [0.15, 0.2) is 42.7 Å². The normalized spacial score (nSPS) is 14.2. The van der Waals surface area contributed by atoms with Gasteiger partial charge in [-0.25, -0.2) is 0 Å². The topological polar surface area (TPSA) is 38.9 Å². The van der Waals surface area contributed by atoms with Gasteiger partial charge in [-0.3, -0.25) is 4.98 Å². The van der Waals surface area contributed by atoms with Gasteiger partial charge >= 0.3 is 0 Å². The molecule has 1 heterocycles. The summed E-state index contributed by atoms with van der Waals surface area (Å²) in [6.45, 7) is 2.04. The molecule has 0 aliphatic heterocycles. The zero-order valence-corrected chi connectivity index (χ0v) is 11.5. The predicted octanol–water partition coefficient (Wildman–Crippen LogP) is 4.00. The lowest BCUT2D eigenvalue weighted by Gasteiger charge is -2.29. The summed E-state index contributed by atoms with van der Waals surface area (Å²) in [6.07, 6.45) is 4.24. The lowest BCUT2D eigenvalue weighted by atomic mass is 9.82. The minimum Gasteiger partial charge on any atom is -0.318 e. The minimum absolute atomic E-state index is 0.520. The Kier molecular flexibility index (Phi) is 3.91. The highest BCUT2D eigenvalue weighted by atomic mass is 35.5. The minimum atomic E-state index is -0.572. The molecule has 1 atom stereocenters. The van der Waals surface area contributed by atoms with E-state index in [0.29, 0.717) is 10.0 Å². The van der Waals surface area contributed by atoms with Gasteiger partial charge < -0.3 is 5.73 Å². The van der Waals surface area contributed by atoms with Crippen LogP contribution in [0.1, 0.15) is 24.5 Å². The molecule has 18 heavy (non-hydrogen) atoms. The quantitative estimate of drug-likeness (QED) is 0.923. The van der Waals surface area contributed by atoms with Crippen LogP contribution in [-0.4, -0.2) is 4.98 Å². The number of halogens is 2. The number of pyridine rings is 1. The number of benzene rings is 1. The van der Waals surface area contributed by atoms with Gasteiger partial charge in [0.05, 0.1) is 15.6 Å². The molecule has 1 aromatic carbocycles. The van der Waals surface area contributed by atoms with Crippen molar-refractivity contribution in [3.8, 4) is 0 Å². The summed E-state index contributed by atoms with van der Waals surface area (Å²) in [5.74, 6) is 0. The standard InChI is InChI=1S/C14H14Cl2N2/c1-2-14(17,10-5-7-18-8-6-10)11-3-4-12(15)13(16)9-11/h3-9H,2,17H2,1H3. The Balaban J connectivity index is 2.53. The number of nitrogens with two attached hydrogens (primary N) is 1. The molecule has 0 spiro atoms. The molecule has 0 bridgehead atoms. The first-order valence-corrected chi connectivity index (χ1v) is 6.48. The van der Waals surface area contributed by atoms with Gasteiger partial charge in [0, 0.05) is 12.4 Å². The largest absolute Gasteiger partial charge is 0.318 e. The molecule has 2 N–H and O–H groups in total. The van der Waals surface area contributed by atoms with Crippen molar-refractivity contribution >= 4 is 23.2 Å². The monoisotopic (exact) mass is 280 g/mol. The number of hydrogen-bond acceptors (Lipinski definition) is 2. The first-order chi connectivity index (χ1) is 8.58. The predicted molar refractivity (Wildman–Crippen MR) is 76.0 cm³/mol. The number of nitrogens with zero attached hydrogens (tertiary/aromatic N) is 1.